The highest BCUT2D eigenvalue weighted by Gasteiger charge is 2.37. The lowest BCUT2D eigenvalue weighted by Gasteiger charge is -2.27. The van der Waals surface area contributed by atoms with Gasteiger partial charge < -0.3 is 9.32 Å². The van der Waals surface area contributed by atoms with Crippen molar-refractivity contribution in [1.29, 1.82) is 0 Å². The van der Waals surface area contributed by atoms with Crippen LogP contribution in [0.2, 0.25) is 0 Å². The van der Waals surface area contributed by atoms with E-state index in [1.807, 2.05) is 45.2 Å². The number of sulfone groups is 1. The molecule has 0 radical (unpaired) electrons. The molecule has 0 bridgehead atoms. The van der Waals surface area contributed by atoms with E-state index in [9.17, 15) is 13.2 Å². The second kappa shape index (κ2) is 7.29. The zero-order chi connectivity index (χ0) is 20.9. The van der Waals surface area contributed by atoms with Crippen molar-refractivity contribution >= 4 is 38.1 Å². The highest BCUT2D eigenvalue weighted by Crippen LogP contribution is 2.32. The molecule has 3 aromatic rings. The number of hydrogen-bond donors (Lipinski definition) is 0. The van der Waals surface area contributed by atoms with Crippen molar-refractivity contribution in [2.24, 2.45) is 0 Å². The Morgan fingerprint density at radius 2 is 1.97 bits per heavy atom. The van der Waals surface area contributed by atoms with Crippen LogP contribution in [0.4, 0.5) is 0 Å². The Hall–Kier alpha value is -2.12. The third-order valence-electron chi connectivity index (χ3n) is 5.76. The second-order valence-electron chi connectivity index (χ2n) is 8.03. The standard InChI is InChI=1S/C22H25NO4S2/c1-13-9-15(3)20-16(4)21(27-18(20)10-13)22(24)23(11-19-14(2)5-7-28-19)17-6-8-29(25,26)12-17/h5,7,9-10,17H,6,8,11-12H2,1-4H3. The summed E-state index contributed by atoms with van der Waals surface area (Å²) in [7, 11) is -3.11. The van der Waals surface area contributed by atoms with Crippen LogP contribution >= 0.6 is 11.3 Å². The lowest BCUT2D eigenvalue weighted by molar-refractivity contribution is 0.0651. The summed E-state index contributed by atoms with van der Waals surface area (Å²) in [5, 5.41) is 2.96. The molecule has 1 atom stereocenters. The van der Waals surface area contributed by atoms with Gasteiger partial charge in [0.25, 0.3) is 5.91 Å². The molecule has 2 aromatic heterocycles. The molecule has 154 valence electrons. The van der Waals surface area contributed by atoms with Gasteiger partial charge in [-0.15, -0.1) is 11.3 Å². The predicted molar refractivity (Wildman–Crippen MR) is 116 cm³/mol. The van der Waals surface area contributed by atoms with Crippen molar-refractivity contribution in [2.45, 2.75) is 46.7 Å². The average molecular weight is 432 g/mol. The van der Waals surface area contributed by atoms with Gasteiger partial charge in [-0.3, -0.25) is 4.79 Å². The van der Waals surface area contributed by atoms with Gasteiger partial charge in [0, 0.05) is 21.9 Å². The van der Waals surface area contributed by atoms with Crippen molar-refractivity contribution in [3.05, 3.63) is 56.5 Å². The lowest BCUT2D eigenvalue weighted by Crippen LogP contribution is -2.40. The summed E-state index contributed by atoms with van der Waals surface area (Å²) in [4.78, 5) is 16.4. The Balaban J connectivity index is 1.77. The SMILES string of the molecule is Cc1cc(C)c2c(C)c(C(=O)N(Cc3sccc3C)C3CCS(=O)(=O)C3)oc2c1. The fourth-order valence-corrected chi connectivity index (χ4v) is 6.87. The Morgan fingerprint density at radius 1 is 1.21 bits per heavy atom. The van der Waals surface area contributed by atoms with Crippen molar-refractivity contribution in [1.82, 2.24) is 4.90 Å². The number of fused-ring (bicyclic) bond motifs is 1. The van der Waals surface area contributed by atoms with E-state index in [-0.39, 0.29) is 23.5 Å². The average Bonchev–Trinajstić information content (AvgIpc) is 3.29. The summed E-state index contributed by atoms with van der Waals surface area (Å²) in [5.41, 5.74) is 4.78. The van der Waals surface area contributed by atoms with Gasteiger partial charge in [0.2, 0.25) is 0 Å². The number of aryl methyl sites for hydroxylation is 4. The van der Waals surface area contributed by atoms with Crippen LogP contribution in [0.5, 0.6) is 0 Å². The molecule has 1 unspecified atom stereocenters. The van der Waals surface area contributed by atoms with E-state index in [0.717, 1.165) is 32.5 Å². The molecular formula is C22H25NO4S2. The molecule has 1 aliphatic heterocycles. The molecule has 3 heterocycles. The van der Waals surface area contributed by atoms with Crippen LogP contribution in [0.1, 0.15) is 44.1 Å². The number of amides is 1. The van der Waals surface area contributed by atoms with Crippen LogP contribution in [0.3, 0.4) is 0 Å². The lowest BCUT2D eigenvalue weighted by atomic mass is 10.0. The summed E-state index contributed by atoms with van der Waals surface area (Å²) in [6.07, 6.45) is 0.468. The minimum atomic E-state index is -3.11. The van der Waals surface area contributed by atoms with Gasteiger partial charge in [-0.25, -0.2) is 8.42 Å². The zero-order valence-corrected chi connectivity index (χ0v) is 18.7. The molecule has 0 N–H and O–H groups in total. The van der Waals surface area contributed by atoms with Gasteiger partial charge in [-0.1, -0.05) is 6.07 Å². The monoisotopic (exact) mass is 431 g/mol. The normalized spacial score (nSPS) is 18.4. The molecule has 0 spiro atoms. The van der Waals surface area contributed by atoms with E-state index >= 15 is 0 Å². The maximum Gasteiger partial charge on any atom is 0.290 e. The highest BCUT2D eigenvalue weighted by atomic mass is 32.2. The first-order valence-electron chi connectivity index (χ1n) is 9.71. The molecule has 0 aliphatic carbocycles. The Bertz CT molecular complexity index is 1200. The number of carbonyl (C=O) groups excluding carboxylic acids is 1. The van der Waals surface area contributed by atoms with E-state index in [2.05, 4.69) is 6.07 Å². The number of hydrogen-bond acceptors (Lipinski definition) is 5. The van der Waals surface area contributed by atoms with Gasteiger partial charge in [-0.2, -0.15) is 0 Å². The molecule has 4 rings (SSSR count). The molecule has 1 aliphatic rings. The van der Waals surface area contributed by atoms with Crippen molar-refractivity contribution in [2.75, 3.05) is 11.5 Å². The molecule has 5 nitrogen and oxygen atoms in total. The first-order chi connectivity index (χ1) is 13.7. The molecule has 1 saturated heterocycles. The van der Waals surface area contributed by atoms with Crippen LogP contribution < -0.4 is 0 Å². The molecule has 0 saturated carbocycles. The van der Waals surface area contributed by atoms with Crippen molar-refractivity contribution in [3.8, 4) is 0 Å². The largest absolute Gasteiger partial charge is 0.451 e. The number of thiophene rings is 1. The van der Waals surface area contributed by atoms with E-state index < -0.39 is 9.84 Å². The van der Waals surface area contributed by atoms with Crippen LogP contribution in [0.15, 0.2) is 28.0 Å². The summed E-state index contributed by atoms with van der Waals surface area (Å²) < 4.78 is 30.2. The van der Waals surface area contributed by atoms with Crippen LogP contribution in [-0.2, 0) is 16.4 Å². The predicted octanol–water partition coefficient (Wildman–Crippen LogP) is 4.56. The fourth-order valence-electron chi connectivity index (χ4n) is 4.23. The molecule has 1 fully saturated rings. The number of rotatable bonds is 4. The Labute approximate surface area is 175 Å². The van der Waals surface area contributed by atoms with E-state index in [4.69, 9.17) is 4.42 Å². The smallest absolute Gasteiger partial charge is 0.290 e. The van der Waals surface area contributed by atoms with Crippen LogP contribution in [-0.4, -0.2) is 36.8 Å². The third-order valence-corrected chi connectivity index (χ3v) is 8.52. The molecule has 1 aromatic carbocycles. The van der Waals surface area contributed by atoms with Crippen LogP contribution in [0.25, 0.3) is 11.0 Å². The quantitative estimate of drug-likeness (QED) is 0.607. The summed E-state index contributed by atoms with van der Waals surface area (Å²) in [6.45, 7) is 8.33. The molecule has 1 amide bonds. The maximum absolute atomic E-state index is 13.6. The van der Waals surface area contributed by atoms with Crippen molar-refractivity contribution < 1.29 is 17.6 Å². The first-order valence-corrected chi connectivity index (χ1v) is 12.4. The fraction of sp³-hybridized carbons (Fsp3) is 0.409. The minimum absolute atomic E-state index is 0.0145. The minimum Gasteiger partial charge on any atom is -0.451 e. The number of benzene rings is 1. The number of nitrogens with zero attached hydrogens (tertiary/aromatic N) is 1. The van der Waals surface area contributed by atoms with Crippen LogP contribution in [0, 0.1) is 27.7 Å². The van der Waals surface area contributed by atoms with Gasteiger partial charge in [0.05, 0.1) is 18.1 Å². The summed E-state index contributed by atoms with van der Waals surface area (Å²) in [5.74, 6) is 0.223. The van der Waals surface area contributed by atoms with E-state index in [1.54, 1.807) is 16.2 Å². The van der Waals surface area contributed by atoms with Crippen molar-refractivity contribution in [3.63, 3.8) is 0 Å². The van der Waals surface area contributed by atoms with Gasteiger partial charge in [0.15, 0.2) is 15.6 Å². The Kier molecular flexibility index (Phi) is 5.07. The highest BCUT2D eigenvalue weighted by molar-refractivity contribution is 7.91. The molecular weight excluding hydrogens is 406 g/mol. The second-order valence-corrected chi connectivity index (χ2v) is 11.3. The van der Waals surface area contributed by atoms with E-state index in [0.29, 0.717) is 24.3 Å². The van der Waals surface area contributed by atoms with Gasteiger partial charge >= 0.3 is 0 Å². The topological polar surface area (TPSA) is 67.6 Å². The van der Waals surface area contributed by atoms with Gasteiger partial charge in [0.1, 0.15) is 5.58 Å². The maximum atomic E-state index is 13.6. The van der Waals surface area contributed by atoms with Gasteiger partial charge in [-0.05, 0) is 68.3 Å². The molecule has 7 heteroatoms. The Morgan fingerprint density at radius 3 is 2.59 bits per heavy atom. The number of furan rings is 1. The zero-order valence-electron chi connectivity index (χ0n) is 17.1. The van der Waals surface area contributed by atoms with E-state index in [1.165, 1.54) is 0 Å². The first kappa shape index (κ1) is 20.2. The number of carbonyl (C=O) groups is 1. The summed E-state index contributed by atoms with van der Waals surface area (Å²) >= 11 is 1.59. The summed E-state index contributed by atoms with van der Waals surface area (Å²) in [6, 6.07) is 5.71. The molecule has 29 heavy (non-hydrogen) atoms. The third kappa shape index (κ3) is 3.73.